The van der Waals surface area contributed by atoms with Gasteiger partial charge in [0.15, 0.2) is 11.5 Å². The third-order valence-electron chi connectivity index (χ3n) is 5.84. The topological polar surface area (TPSA) is 76.1 Å². The standard InChI is InChI=1S/C27H24ClNO5/c1-33-21-12-11-17(15-22(21)34-2)13-14-29-24(18-7-4-3-5-8-18)23(26(31)27(29)32)25(30)19-9-6-10-20(28)16-19/h3-12,15-16,24,30H,13-14H2,1-2H3/b25-23+. The van der Waals surface area contributed by atoms with Crippen LogP contribution >= 0.6 is 11.6 Å². The van der Waals surface area contributed by atoms with Crippen LogP contribution in [-0.4, -0.2) is 42.5 Å². The highest BCUT2D eigenvalue weighted by molar-refractivity contribution is 6.46. The molecule has 6 nitrogen and oxygen atoms in total. The van der Waals surface area contributed by atoms with Crippen molar-refractivity contribution in [1.82, 2.24) is 4.90 Å². The molecule has 34 heavy (non-hydrogen) atoms. The van der Waals surface area contributed by atoms with Gasteiger partial charge in [0.25, 0.3) is 11.7 Å². The Bertz CT molecular complexity index is 1250. The van der Waals surface area contributed by atoms with E-state index in [1.165, 1.54) is 4.90 Å². The van der Waals surface area contributed by atoms with E-state index in [1.54, 1.807) is 44.6 Å². The monoisotopic (exact) mass is 477 g/mol. The molecule has 7 heteroatoms. The number of hydrogen-bond acceptors (Lipinski definition) is 5. The van der Waals surface area contributed by atoms with E-state index >= 15 is 0 Å². The molecule has 1 aliphatic heterocycles. The molecule has 174 valence electrons. The highest BCUT2D eigenvalue weighted by Gasteiger charge is 2.45. The van der Waals surface area contributed by atoms with Crippen molar-refractivity contribution in [2.45, 2.75) is 12.5 Å². The fourth-order valence-electron chi connectivity index (χ4n) is 4.17. The summed E-state index contributed by atoms with van der Waals surface area (Å²) in [6, 6.07) is 20.6. The Morgan fingerprint density at radius 3 is 2.35 bits per heavy atom. The molecule has 1 N–H and O–H groups in total. The Balaban J connectivity index is 1.73. The number of aliphatic hydroxyl groups is 1. The number of Topliss-reactive ketones (excluding diaryl/α,β-unsaturated/α-hetero) is 1. The van der Waals surface area contributed by atoms with Gasteiger partial charge < -0.3 is 19.5 Å². The number of halogens is 1. The number of aliphatic hydroxyl groups excluding tert-OH is 1. The first kappa shape index (κ1) is 23.4. The molecule has 1 heterocycles. The van der Waals surface area contributed by atoms with Gasteiger partial charge in [0.2, 0.25) is 0 Å². The molecular weight excluding hydrogens is 454 g/mol. The van der Waals surface area contributed by atoms with Crippen molar-refractivity contribution in [3.05, 3.63) is 100 Å². The van der Waals surface area contributed by atoms with Crippen LogP contribution in [0.2, 0.25) is 5.02 Å². The smallest absolute Gasteiger partial charge is 0.295 e. The Kier molecular flexibility index (Phi) is 6.89. The molecule has 1 unspecified atom stereocenters. The molecule has 1 atom stereocenters. The fourth-order valence-corrected chi connectivity index (χ4v) is 4.36. The van der Waals surface area contributed by atoms with Crippen LogP contribution in [0.4, 0.5) is 0 Å². The number of likely N-dealkylation sites (tertiary alicyclic amines) is 1. The van der Waals surface area contributed by atoms with E-state index in [0.717, 1.165) is 11.1 Å². The summed E-state index contributed by atoms with van der Waals surface area (Å²) in [5.41, 5.74) is 2.08. The van der Waals surface area contributed by atoms with Crippen LogP contribution in [-0.2, 0) is 16.0 Å². The quantitative estimate of drug-likeness (QED) is 0.294. The van der Waals surface area contributed by atoms with Crippen LogP contribution < -0.4 is 9.47 Å². The first-order chi connectivity index (χ1) is 16.4. The molecule has 0 saturated carbocycles. The van der Waals surface area contributed by atoms with Gasteiger partial charge in [-0.2, -0.15) is 0 Å². The van der Waals surface area contributed by atoms with E-state index in [1.807, 2.05) is 42.5 Å². The molecule has 0 spiro atoms. The third kappa shape index (κ3) is 4.50. The lowest BCUT2D eigenvalue weighted by Crippen LogP contribution is -2.31. The van der Waals surface area contributed by atoms with Gasteiger partial charge in [-0.05, 0) is 41.8 Å². The minimum absolute atomic E-state index is 0.0470. The maximum Gasteiger partial charge on any atom is 0.295 e. The molecule has 1 aliphatic rings. The molecule has 0 bridgehead atoms. The zero-order chi connectivity index (χ0) is 24.2. The lowest BCUT2D eigenvalue weighted by atomic mass is 9.95. The molecule has 3 aromatic carbocycles. The zero-order valence-corrected chi connectivity index (χ0v) is 19.6. The molecule has 4 rings (SSSR count). The molecule has 3 aromatic rings. The second-order valence-electron chi connectivity index (χ2n) is 7.85. The number of carbonyl (C=O) groups excluding carboxylic acids is 2. The maximum absolute atomic E-state index is 13.1. The fraction of sp³-hybridized carbons (Fsp3) is 0.185. The number of benzene rings is 3. The molecule has 1 saturated heterocycles. The van der Waals surface area contributed by atoms with Crippen molar-refractivity contribution in [2.24, 2.45) is 0 Å². The number of ketones is 1. The van der Waals surface area contributed by atoms with E-state index < -0.39 is 17.7 Å². The van der Waals surface area contributed by atoms with Gasteiger partial charge in [-0.25, -0.2) is 0 Å². The average molecular weight is 478 g/mol. The molecule has 1 fully saturated rings. The van der Waals surface area contributed by atoms with Gasteiger partial charge >= 0.3 is 0 Å². The van der Waals surface area contributed by atoms with Gasteiger partial charge in [-0.15, -0.1) is 0 Å². The van der Waals surface area contributed by atoms with Gasteiger partial charge in [0, 0.05) is 17.1 Å². The minimum Gasteiger partial charge on any atom is -0.507 e. The van der Waals surface area contributed by atoms with Gasteiger partial charge in [0.1, 0.15) is 5.76 Å². The SMILES string of the molecule is COc1ccc(CCN2C(=O)C(=O)/C(=C(/O)c3cccc(Cl)c3)C2c2ccccc2)cc1OC. The van der Waals surface area contributed by atoms with E-state index in [-0.39, 0.29) is 17.9 Å². The van der Waals surface area contributed by atoms with Gasteiger partial charge in [0.05, 0.1) is 25.8 Å². The second-order valence-corrected chi connectivity index (χ2v) is 8.29. The number of rotatable bonds is 7. The van der Waals surface area contributed by atoms with Crippen molar-refractivity contribution in [2.75, 3.05) is 20.8 Å². The summed E-state index contributed by atoms with van der Waals surface area (Å²) in [4.78, 5) is 27.7. The number of ether oxygens (including phenoxy) is 2. The van der Waals surface area contributed by atoms with Crippen LogP contribution in [0.1, 0.15) is 22.7 Å². The summed E-state index contributed by atoms with van der Waals surface area (Å²) < 4.78 is 10.7. The summed E-state index contributed by atoms with van der Waals surface area (Å²) in [7, 11) is 3.13. The number of methoxy groups -OCH3 is 2. The Hall–Kier alpha value is -3.77. The Morgan fingerprint density at radius 1 is 0.941 bits per heavy atom. The molecule has 0 aliphatic carbocycles. The van der Waals surface area contributed by atoms with Crippen LogP contribution in [0, 0.1) is 0 Å². The minimum atomic E-state index is -0.723. The Morgan fingerprint density at radius 2 is 1.68 bits per heavy atom. The van der Waals surface area contributed by atoms with Crippen molar-refractivity contribution in [3.63, 3.8) is 0 Å². The highest BCUT2D eigenvalue weighted by Crippen LogP contribution is 2.39. The summed E-state index contributed by atoms with van der Waals surface area (Å²) in [6.45, 7) is 0.270. The summed E-state index contributed by atoms with van der Waals surface area (Å²) in [6.07, 6.45) is 0.480. The number of nitrogens with zero attached hydrogens (tertiary/aromatic N) is 1. The zero-order valence-electron chi connectivity index (χ0n) is 18.8. The lowest BCUT2D eigenvalue weighted by Gasteiger charge is -2.25. The second kappa shape index (κ2) is 10.0. The molecule has 1 amide bonds. The van der Waals surface area contributed by atoms with Gasteiger partial charge in [-0.3, -0.25) is 9.59 Å². The van der Waals surface area contributed by atoms with Crippen LogP contribution in [0.5, 0.6) is 11.5 Å². The molecular formula is C27H24ClNO5. The normalized spacial score (nSPS) is 17.1. The van der Waals surface area contributed by atoms with E-state index in [4.69, 9.17) is 21.1 Å². The number of carbonyl (C=O) groups is 2. The largest absolute Gasteiger partial charge is 0.507 e. The van der Waals surface area contributed by atoms with Crippen molar-refractivity contribution in [1.29, 1.82) is 0 Å². The summed E-state index contributed by atoms with van der Waals surface area (Å²) >= 11 is 6.09. The van der Waals surface area contributed by atoms with Crippen molar-refractivity contribution in [3.8, 4) is 11.5 Å². The van der Waals surface area contributed by atoms with Crippen LogP contribution in [0.25, 0.3) is 5.76 Å². The van der Waals surface area contributed by atoms with Crippen molar-refractivity contribution < 1.29 is 24.2 Å². The Labute approximate surface area is 203 Å². The maximum atomic E-state index is 13.1. The van der Waals surface area contributed by atoms with E-state index in [0.29, 0.717) is 28.5 Å². The van der Waals surface area contributed by atoms with Crippen LogP contribution in [0.15, 0.2) is 78.4 Å². The van der Waals surface area contributed by atoms with E-state index in [9.17, 15) is 14.7 Å². The molecule has 0 radical (unpaired) electrons. The predicted octanol–water partition coefficient (Wildman–Crippen LogP) is 5.02. The van der Waals surface area contributed by atoms with E-state index in [2.05, 4.69) is 0 Å². The molecule has 0 aromatic heterocycles. The van der Waals surface area contributed by atoms with Gasteiger partial charge in [-0.1, -0.05) is 60.1 Å². The number of amides is 1. The first-order valence-electron chi connectivity index (χ1n) is 10.7. The first-order valence-corrected chi connectivity index (χ1v) is 11.1. The lowest BCUT2D eigenvalue weighted by molar-refractivity contribution is -0.139. The number of hydrogen-bond donors (Lipinski definition) is 1. The third-order valence-corrected chi connectivity index (χ3v) is 6.08. The van der Waals surface area contributed by atoms with Crippen molar-refractivity contribution >= 4 is 29.1 Å². The predicted molar refractivity (Wildman–Crippen MR) is 130 cm³/mol. The van der Waals surface area contributed by atoms with Crippen LogP contribution in [0.3, 0.4) is 0 Å². The summed E-state index contributed by atoms with van der Waals surface area (Å²) in [5.74, 6) is -0.431. The summed E-state index contributed by atoms with van der Waals surface area (Å²) in [5, 5.41) is 11.5. The highest BCUT2D eigenvalue weighted by atomic mass is 35.5. The average Bonchev–Trinajstić information content (AvgIpc) is 3.12.